The van der Waals surface area contributed by atoms with Crippen LogP contribution in [-0.4, -0.2) is 11.1 Å². The van der Waals surface area contributed by atoms with Gasteiger partial charge >= 0.3 is 5.97 Å². The van der Waals surface area contributed by atoms with Crippen molar-refractivity contribution in [2.45, 2.75) is 111 Å². The number of aliphatic carboxylic acids is 1. The maximum atomic E-state index is 12.4. The number of hydrogen-bond acceptors (Lipinski definition) is 1. The zero-order valence-corrected chi connectivity index (χ0v) is 16.1. The molecule has 0 amide bonds. The second-order valence-corrected chi connectivity index (χ2v) is 7.90. The third-order valence-electron chi connectivity index (χ3n) is 6.55. The van der Waals surface area contributed by atoms with Crippen LogP contribution in [0.2, 0.25) is 0 Å². The van der Waals surface area contributed by atoms with Crippen LogP contribution in [-0.2, 0) is 4.79 Å². The van der Waals surface area contributed by atoms with Gasteiger partial charge in [-0.1, -0.05) is 79.1 Å². The third-order valence-corrected chi connectivity index (χ3v) is 6.55. The van der Waals surface area contributed by atoms with Gasteiger partial charge < -0.3 is 5.11 Å². The Bertz CT molecular complexity index is 342. The van der Waals surface area contributed by atoms with Gasteiger partial charge in [0.1, 0.15) is 0 Å². The molecule has 0 radical (unpaired) electrons. The fourth-order valence-corrected chi connectivity index (χ4v) is 5.14. The molecule has 2 unspecified atom stereocenters. The highest BCUT2D eigenvalue weighted by molar-refractivity contribution is 5.77. The molecule has 0 spiro atoms. The van der Waals surface area contributed by atoms with Crippen molar-refractivity contribution in [1.82, 2.24) is 0 Å². The molecule has 0 aromatic carbocycles. The van der Waals surface area contributed by atoms with Gasteiger partial charge in [-0.2, -0.15) is 0 Å². The average Bonchev–Trinajstić information content (AvgIpc) is 2.53. The van der Waals surface area contributed by atoms with Crippen molar-refractivity contribution in [3.63, 3.8) is 0 Å². The Labute approximate surface area is 144 Å². The van der Waals surface area contributed by atoms with Gasteiger partial charge in [0, 0.05) is 0 Å². The van der Waals surface area contributed by atoms with Crippen molar-refractivity contribution in [3.8, 4) is 0 Å². The van der Waals surface area contributed by atoms with Crippen molar-refractivity contribution in [1.29, 1.82) is 0 Å². The monoisotopic (exact) mass is 324 g/mol. The molecule has 0 bridgehead atoms. The fraction of sp³-hybridized carbons (Fsp3) is 0.952. The zero-order valence-electron chi connectivity index (χ0n) is 16.1. The van der Waals surface area contributed by atoms with Crippen molar-refractivity contribution < 1.29 is 9.90 Å². The van der Waals surface area contributed by atoms with Crippen molar-refractivity contribution in [2.75, 3.05) is 0 Å². The van der Waals surface area contributed by atoms with Crippen LogP contribution in [0.25, 0.3) is 0 Å². The number of carbonyl (C=O) groups is 1. The maximum absolute atomic E-state index is 12.4. The van der Waals surface area contributed by atoms with Gasteiger partial charge in [0.2, 0.25) is 0 Å². The molecular formula is C21H40O2. The van der Waals surface area contributed by atoms with Crippen LogP contribution in [0.15, 0.2) is 0 Å². The first kappa shape index (κ1) is 20.5. The lowest BCUT2D eigenvalue weighted by Gasteiger charge is -2.64. The van der Waals surface area contributed by atoms with Gasteiger partial charge in [0.15, 0.2) is 0 Å². The van der Waals surface area contributed by atoms with Gasteiger partial charge in [-0.25, -0.2) is 0 Å². The lowest BCUT2D eigenvalue weighted by molar-refractivity contribution is -0.203. The van der Waals surface area contributed by atoms with Gasteiger partial charge in [-0.15, -0.1) is 0 Å². The van der Waals surface area contributed by atoms with Crippen LogP contribution >= 0.6 is 0 Å². The quantitative estimate of drug-likeness (QED) is 0.403. The van der Waals surface area contributed by atoms with E-state index in [1.807, 2.05) is 0 Å². The molecule has 0 saturated heterocycles. The van der Waals surface area contributed by atoms with E-state index in [1.165, 1.54) is 44.9 Å². The van der Waals surface area contributed by atoms with Gasteiger partial charge in [0.05, 0.1) is 5.41 Å². The summed E-state index contributed by atoms with van der Waals surface area (Å²) in [7, 11) is 0. The van der Waals surface area contributed by atoms with Crippen molar-refractivity contribution in [3.05, 3.63) is 0 Å². The van der Waals surface area contributed by atoms with Crippen LogP contribution < -0.4 is 0 Å². The highest BCUT2D eigenvalue weighted by Gasteiger charge is 2.66. The molecule has 136 valence electrons. The summed E-state index contributed by atoms with van der Waals surface area (Å²) in [6.07, 6.45) is 14.7. The highest BCUT2D eigenvalue weighted by atomic mass is 16.4. The first-order chi connectivity index (χ1) is 11.0. The molecule has 1 fully saturated rings. The summed E-state index contributed by atoms with van der Waals surface area (Å²) in [5.41, 5.74) is -0.346. The van der Waals surface area contributed by atoms with Gasteiger partial charge in [0.25, 0.3) is 0 Å². The van der Waals surface area contributed by atoms with Crippen LogP contribution in [0.1, 0.15) is 111 Å². The minimum Gasteiger partial charge on any atom is -0.481 e. The molecule has 0 aliphatic heterocycles. The maximum Gasteiger partial charge on any atom is 0.310 e. The smallest absolute Gasteiger partial charge is 0.310 e. The van der Waals surface area contributed by atoms with Crippen LogP contribution in [0, 0.1) is 16.7 Å². The first-order valence-corrected chi connectivity index (χ1v) is 10.3. The molecule has 1 rings (SSSR count). The lowest BCUT2D eigenvalue weighted by Crippen LogP contribution is -2.62. The topological polar surface area (TPSA) is 37.3 Å². The second kappa shape index (κ2) is 9.69. The summed E-state index contributed by atoms with van der Waals surface area (Å²) in [4.78, 5) is 12.4. The van der Waals surface area contributed by atoms with E-state index in [0.29, 0.717) is 5.92 Å². The van der Waals surface area contributed by atoms with E-state index < -0.39 is 11.4 Å². The van der Waals surface area contributed by atoms with Crippen LogP contribution in [0.3, 0.4) is 0 Å². The first-order valence-electron chi connectivity index (χ1n) is 10.3. The normalized spacial score (nSPS) is 26.0. The summed E-state index contributed by atoms with van der Waals surface area (Å²) in [6, 6.07) is 0. The fourth-order valence-electron chi connectivity index (χ4n) is 5.14. The third kappa shape index (κ3) is 4.12. The molecule has 1 aliphatic rings. The van der Waals surface area contributed by atoms with E-state index in [-0.39, 0.29) is 5.41 Å². The predicted octanol–water partition coefficient (Wildman–Crippen LogP) is 6.82. The standard InChI is InChI=1S/C21H40O2/c1-5-9-13-18-17-21(19(22)23,16-12-8-4)20(18,14-10-6-2)15-11-7-3/h18H,5-17H2,1-4H3,(H,22,23). The summed E-state index contributed by atoms with van der Waals surface area (Å²) < 4.78 is 0. The van der Waals surface area contributed by atoms with Gasteiger partial charge in [-0.05, 0) is 43.4 Å². The molecule has 1 saturated carbocycles. The van der Waals surface area contributed by atoms with Crippen LogP contribution in [0.4, 0.5) is 0 Å². The van der Waals surface area contributed by atoms with E-state index in [2.05, 4.69) is 27.7 Å². The van der Waals surface area contributed by atoms with E-state index >= 15 is 0 Å². The molecule has 2 heteroatoms. The number of carboxylic acid groups (broad SMARTS) is 1. The van der Waals surface area contributed by atoms with E-state index in [4.69, 9.17) is 0 Å². The van der Waals surface area contributed by atoms with Crippen molar-refractivity contribution >= 4 is 5.97 Å². The molecular weight excluding hydrogens is 284 g/mol. The highest BCUT2D eigenvalue weighted by Crippen LogP contribution is 2.69. The number of unbranched alkanes of at least 4 members (excludes halogenated alkanes) is 4. The Kier molecular flexibility index (Phi) is 8.64. The predicted molar refractivity (Wildman–Crippen MR) is 98.7 cm³/mol. The Morgan fingerprint density at radius 2 is 1.35 bits per heavy atom. The molecule has 0 aromatic heterocycles. The minimum atomic E-state index is -0.495. The summed E-state index contributed by atoms with van der Waals surface area (Å²) in [6.45, 7) is 8.91. The summed E-state index contributed by atoms with van der Waals surface area (Å²) >= 11 is 0. The van der Waals surface area contributed by atoms with E-state index in [1.54, 1.807) is 0 Å². The average molecular weight is 325 g/mol. The Morgan fingerprint density at radius 3 is 1.78 bits per heavy atom. The molecule has 2 atom stereocenters. The molecule has 0 aromatic rings. The van der Waals surface area contributed by atoms with Crippen LogP contribution in [0.5, 0.6) is 0 Å². The molecule has 1 aliphatic carbocycles. The van der Waals surface area contributed by atoms with Gasteiger partial charge in [-0.3, -0.25) is 4.79 Å². The summed E-state index contributed by atoms with van der Waals surface area (Å²) in [5.74, 6) is 0.152. The van der Waals surface area contributed by atoms with E-state index in [9.17, 15) is 9.90 Å². The molecule has 23 heavy (non-hydrogen) atoms. The zero-order chi connectivity index (χ0) is 17.3. The van der Waals surface area contributed by atoms with Crippen molar-refractivity contribution in [2.24, 2.45) is 16.7 Å². The molecule has 1 N–H and O–H groups in total. The number of rotatable bonds is 13. The Hall–Kier alpha value is -0.530. The second-order valence-electron chi connectivity index (χ2n) is 7.90. The Balaban J connectivity index is 3.10. The lowest BCUT2D eigenvalue weighted by atomic mass is 9.39. The Morgan fingerprint density at radius 1 is 0.870 bits per heavy atom. The number of hydrogen-bond donors (Lipinski definition) is 1. The largest absolute Gasteiger partial charge is 0.481 e. The minimum absolute atomic E-state index is 0.0786. The summed E-state index contributed by atoms with van der Waals surface area (Å²) in [5, 5.41) is 10.2. The number of carboxylic acids is 1. The van der Waals surface area contributed by atoms with E-state index in [0.717, 1.165) is 38.5 Å². The SMILES string of the molecule is CCCCC1CC(CCCC)(C(=O)O)C1(CCCC)CCCC. The molecule has 2 nitrogen and oxygen atoms in total. The molecule has 0 heterocycles.